The standard InChI is InChI=1S/C41H73N7O8S/c1-3-4-5-6-7-8-9-10-11-12-13-14-15-23-38(49)45-26-19-17-21-33(40(44)51)47-41(52)34(22-16-18-25-42)46-39(50)24-20-27-56-37-29-35(48(53)54)31(32(43)30-57)28-36(37)55-2/h28-29,32-34,57H,3-27,30,42-43H2,1-2H3,(H2,44,51)(H,45,49)(H,46,50)(H,47,52)/t32?,33-,34-/m0/s1. The summed E-state index contributed by atoms with van der Waals surface area (Å²) in [5.74, 6) is -1.03. The number of nitrogens with one attached hydrogen (secondary N) is 3. The molecule has 57 heavy (non-hydrogen) atoms. The summed E-state index contributed by atoms with van der Waals surface area (Å²) in [6, 6.07) is 0.153. The van der Waals surface area contributed by atoms with Crippen LogP contribution in [0.5, 0.6) is 11.5 Å². The number of methoxy groups -OCH3 is 1. The van der Waals surface area contributed by atoms with Gasteiger partial charge in [-0.3, -0.25) is 29.3 Å². The first-order valence-electron chi connectivity index (χ1n) is 21.2. The minimum atomic E-state index is -0.936. The van der Waals surface area contributed by atoms with Crippen LogP contribution in [0, 0.1) is 10.1 Å². The van der Waals surface area contributed by atoms with E-state index < -0.39 is 40.8 Å². The number of hydrogen-bond donors (Lipinski definition) is 7. The Labute approximate surface area is 346 Å². The van der Waals surface area contributed by atoms with Crippen molar-refractivity contribution in [2.75, 3.05) is 32.6 Å². The average Bonchev–Trinajstić information content (AvgIpc) is 3.19. The predicted octanol–water partition coefficient (Wildman–Crippen LogP) is 6.04. The van der Waals surface area contributed by atoms with Gasteiger partial charge in [0.05, 0.1) is 30.3 Å². The van der Waals surface area contributed by atoms with Gasteiger partial charge in [0.15, 0.2) is 11.5 Å². The molecular formula is C41H73N7O8S. The first kappa shape index (κ1) is 51.4. The molecule has 0 fully saturated rings. The van der Waals surface area contributed by atoms with Crippen molar-refractivity contribution in [3.05, 3.63) is 27.8 Å². The van der Waals surface area contributed by atoms with Crippen LogP contribution in [-0.4, -0.2) is 73.2 Å². The molecule has 0 bridgehead atoms. The molecule has 9 N–H and O–H groups in total. The fourth-order valence-corrected chi connectivity index (χ4v) is 6.68. The molecular weight excluding hydrogens is 751 g/mol. The van der Waals surface area contributed by atoms with E-state index in [-0.39, 0.29) is 53.9 Å². The molecule has 15 nitrogen and oxygen atoms in total. The van der Waals surface area contributed by atoms with Gasteiger partial charge in [0.25, 0.3) is 5.69 Å². The fraction of sp³-hybridized carbons (Fsp3) is 0.756. The number of nitro benzene ring substituents is 1. The van der Waals surface area contributed by atoms with Gasteiger partial charge >= 0.3 is 0 Å². The molecule has 0 aliphatic rings. The zero-order valence-electron chi connectivity index (χ0n) is 34.7. The number of carbonyl (C=O) groups excluding carboxylic acids is 4. The number of thiol groups is 1. The van der Waals surface area contributed by atoms with E-state index in [1.165, 1.54) is 83.5 Å². The van der Waals surface area contributed by atoms with Crippen LogP contribution < -0.4 is 42.6 Å². The van der Waals surface area contributed by atoms with Crippen molar-refractivity contribution in [1.29, 1.82) is 0 Å². The third kappa shape index (κ3) is 23.4. The summed E-state index contributed by atoms with van der Waals surface area (Å²) in [6.45, 7) is 3.17. The SMILES string of the molecule is CCCCCCCCCCCCCCCC(=O)NCCCC[C@H](NC(=O)[C@H](CCCCN)NC(=O)CCCOc1cc([N+](=O)[O-])c(C(N)CS)cc1OC)C(N)=O. The summed E-state index contributed by atoms with van der Waals surface area (Å²) >= 11 is 4.14. The number of primary amides is 1. The van der Waals surface area contributed by atoms with E-state index in [0.717, 1.165) is 19.3 Å². The lowest BCUT2D eigenvalue weighted by atomic mass is 10.0. The van der Waals surface area contributed by atoms with E-state index in [0.29, 0.717) is 58.0 Å². The zero-order valence-corrected chi connectivity index (χ0v) is 35.6. The van der Waals surface area contributed by atoms with E-state index in [2.05, 4.69) is 35.5 Å². The summed E-state index contributed by atoms with van der Waals surface area (Å²) in [6.07, 6.45) is 20.0. The summed E-state index contributed by atoms with van der Waals surface area (Å²) in [4.78, 5) is 61.8. The Bertz CT molecular complexity index is 1320. The number of hydrogen-bond acceptors (Lipinski definition) is 11. The first-order chi connectivity index (χ1) is 27.5. The Hall–Kier alpha value is -3.63. The molecule has 4 amide bonds. The highest BCUT2D eigenvalue weighted by molar-refractivity contribution is 7.80. The quantitative estimate of drug-likeness (QED) is 0.0179. The van der Waals surface area contributed by atoms with Gasteiger partial charge < -0.3 is 42.6 Å². The van der Waals surface area contributed by atoms with Crippen LogP contribution in [0.4, 0.5) is 5.69 Å². The third-order valence-corrected chi connectivity index (χ3v) is 10.3. The monoisotopic (exact) mass is 824 g/mol. The number of rotatable bonds is 36. The van der Waals surface area contributed by atoms with Crippen LogP contribution in [0.15, 0.2) is 12.1 Å². The maximum absolute atomic E-state index is 13.3. The maximum Gasteiger partial charge on any atom is 0.278 e. The van der Waals surface area contributed by atoms with E-state index in [4.69, 9.17) is 26.7 Å². The van der Waals surface area contributed by atoms with E-state index >= 15 is 0 Å². The molecule has 1 unspecified atom stereocenters. The number of nitrogens with zero attached hydrogens (tertiary/aromatic N) is 1. The van der Waals surface area contributed by atoms with E-state index in [1.807, 2.05) is 0 Å². The van der Waals surface area contributed by atoms with Crippen LogP contribution in [0.3, 0.4) is 0 Å². The Morgan fingerprint density at radius 3 is 1.91 bits per heavy atom. The van der Waals surface area contributed by atoms with Crippen molar-refractivity contribution in [3.63, 3.8) is 0 Å². The van der Waals surface area contributed by atoms with Gasteiger partial charge in [-0.25, -0.2) is 0 Å². The number of amides is 4. The van der Waals surface area contributed by atoms with E-state index in [9.17, 15) is 29.3 Å². The molecule has 3 atom stereocenters. The first-order valence-corrected chi connectivity index (χ1v) is 21.8. The molecule has 0 heterocycles. The number of nitro groups is 1. The van der Waals surface area contributed by atoms with Crippen molar-refractivity contribution < 1.29 is 33.6 Å². The van der Waals surface area contributed by atoms with E-state index in [1.54, 1.807) is 0 Å². The number of benzene rings is 1. The Morgan fingerprint density at radius 2 is 1.35 bits per heavy atom. The van der Waals surface area contributed by atoms with Crippen LogP contribution in [0.2, 0.25) is 0 Å². The number of carbonyl (C=O) groups is 4. The normalized spacial score (nSPS) is 12.6. The van der Waals surface area contributed by atoms with Crippen molar-refractivity contribution in [2.45, 2.75) is 166 Å². The second-order valence-electron chi connectivity index (χ2n) is 14.8. The van der Waals surface area contributed by atoms with Crippen molar-refractivity contribution in [3.8, 4) is 11.5 Å². The van der Waals surface area contributed by atoms with Gasteiger partial charge in [-0.05, 0) is 64.0 Å². The maximum atomic E-state index is 13.3. The van der Waals surface area contributed by atoms with Crippen LogP contribution in [0.25, 0.3) is 0 Å². The van der Waals surface area contributed by atoms with Crippen LogP contribution in [0.1, 0.15) is 160 Å². The Kier molecular flexibility index (Phi) is 29.2. The minimum Gasteiger partial charge on any atom is -0.493 e. The second kappa shape index (κ2) is 32.3. The third-order valence-electron chi connectivity index (χ3n) is 9.92. The summed E-state index contributed by atoms with van der Waals surface area (Å²) in [5.41, 5.74) is 17.3. The lowest BCUT2D eigenvalue weighted by Gasteiger charge is -2.22. The molecule has 1 aromatic carbocycles. The zero-order chi connectivity index (χ0) is 42.3. The Balaban J connectivity index is 2.45. The van der Waals surface area contributed by atoms with Crippen LogP contribution in [-0.2, 0) is 19.2 Å². The number of nitrogens with two attached hydrogens (primary N) is 3. The molecule has 1 aromatic rings. The highest BCUT2D eigenvalue weighted by Crippen LogP contribution is 2.37. The largest absolute Gasteiger partial charge is 0.493 e. The topological polar surface area (TPSA) is 244 Å². The van der Waals surface area contributed by atoms with Crippen LogP contribution >= 0.6 is 12.6 Å². The lowest BCUT2D eigenvalue weighted by Crippen LogP contribution is -2.53. The molecule has 0 aromatic heterocycles. The molecule has 0 saturated carbocycles. The summed E-state index contributed by atoms with van der Waals surface area (Å²) in [7, 11) is 1.40. The highest BCUT2D eigenvalue weighted by atomic mass is 32.1. The van der Waals surface area contributed by atoms with Crippen molar-refractivity contribution in [2.24, 2.45) is 17.2 Å². The molecule has 1 rings (SSSR count). The van der Waals surface area contributed by atoms with Crippen molar-refractivity contribution in [1.82, 2.24) is 16.0 Å². The molecule has 326 valence electrons. The lowest BCUT2D eigenvalue weighted by molar-refractivity contribution is -0.385. The molecule has 0 spiro atoms. The van der Waals surface area contributed by atoms with Gasteiger partial charge in [-0.2, -0.15) is 12.6 Å². The van der Waals surface area contributed by atoms with Gasteiger partial charge in [-0.1, -0.05) is 84.0 Å². The van der Waals surface area contributed by atoms with Gasteiger partial charge in [0.2, 0.25) is 23.6 Å². The molecule has 0 radical (unpaired) electrons. The Morgan fingerprint density at radius 1 is 0.772 bits per heavy atom. The molecule has 0 aliphatic carbocycles. The summed E-state index contributed by atoms with van der Waals surface area (Å²) < 4.78 is 11.1. The van der Waals surface area contributed by atoms with Gasteiger partial charge in [-0.15, -0.1) is 0 Å². The number of ether oxygens (including phenoxy) is 2. The number of unbranched alkanes of at least 4 members (excludes halogenated alkanes) is 14. The molecule has 16 heteroatoms. The highest BCUT2D eigenvalue weighted by Gasteiger charge is 2.26. The smallest absolute Gasteiger partial charge is 0.278 e. The molecule has 0 aliphatic heterocycles. The second-order valence-corrected chi connectivity index (χ2v) is 15.1. The molecule has 0 saturated heterocycles. The predicted molar refractivity (Wildman–Crippen MR) is 228 cm³/mol. The average molecular weight is 824 g/mol. The van der Waals surface area contributed by atoms with Crippen molar-refractivity contribution >= 4 is 41.9 Å². The fourth-order valence-electron chi connectivity index (χ4n) is 6.48. The summed E-state index contributed by atoms with van der Waals surface area (Å²) in [5, 5.41) is 20.0. The van der Waals surface area contributed by atoms with Gasteiger partial charge in [0.1, 0.15) is 12.1 Å². The van der Waals surface area contributed by atoms with Gasteiger partial charge in [0, 0.05) is 31.2 Å². The minimum absolute atomic E-state index is 0.00197.